The second-order valence-corrected chi connectivity index (χ2v) is 3.76. The molecule has 0 aromatic heterocycles. The topological polar surface area (TPSA) is 0 Å². The van der Waals surface area contributed by atoms with Crippen LogP contribution < -0.4 is 0 Å². The summed E-state index contributed by atoms with van der Waals surface area (Å²) in [6.07, 6.45) is 6.72. The van der Waals surface area contributed by atoms with Crippen molar-refractivity contribution in [3.05, 3.63) is 6.42 Å². The summed E-state index contributed by atoms with van der Waals surface area (Å²) in [4.78, 5) is 0. The molecular formula is C10H19. The summed E-state index contributed by atoms with van der Waals surface area (Å²) >= 11 is 0. The van der Waals surface area contributed by atoms with Crippen LogP contribution in [-0.2, 0) is 0 Å². The summed E-state index contributed by atoms with van der Waals surface area (Å²) in [5, 5.41) is 0. The van der Waals surface area contributed by atoms with Crippen LogP contribution in [0.5, 0.6) is 0 Å². The Bertz CT molecular complexity index is 96.2. The van der Waals surface area contributed by atoms with E-state index in [-0.39, 0.29) is 0 Å². The summed E-state index contributed by atoms with van der Waals surface area (Å²) < 4.78 is 0. The molecule has 0 aliphatic heterocycles. The molecule has 1 rings (SSSR count). The molecule has 1 aliphatic carbocycles. The van der Waals surface area contributed by atoms with E-state index in [1.807, 2.05) is 0 Å². The second-order valence-electron chi connectivity index (χ2n) is 3.76. The molecule has 0 nitrogen and oxygen atoms in total. The molecule has 0 aromatic rings. The Balaban J connectivity index is 2.42. The predicted octanol–water partition coefficient (Wildman–Crippen LogP) is 3.28. The van der Waals surface area contributed by atoms with Gasteiger partial charge in [-0.25, -0.2) is 0 Å². The van der Waals surface area contributed by atoms with Crippen LogP contribution in [0.25, 0.3) is 0 Å². The maximum absolute atomic E-state index is 2.40. The fraction of sp³-hybridized carbons (Fsp3) is 0.900. The Hall–Kier alpha value is 0. The van der Waals surface area contributed by atoms with E-state index in [2.05, 4.69) is 27.2 Å². The molecule has 0 amide bonds. The summed E-state index contributed by atoms with van der Waals surface area (Å²) in [5.41, 5.74) is 0. The fourth-order valence-electron chi connectivity index (χ4n) is 2.09. The van der Waals surface area contributed by atoms with Crippen molar-refractivity contribution in [1.29, 1.82) is 0 Å². The van der Waals surface area contributed by atoms with Gasteiger partial charge in [-0.3, -0.25) is 0 Å². The third-order valence-electron chi connectivity index (χ3n) is 3.20. The molecular weight excluding hydrogens is 120 g/mol. The van der Waals surface area contributed by atoms with Gasteiger partial charge in [-0.15, -0.1) is 0 Å². The minimum absolute atomic E-state index is 0.906. The van der Waals surface area contributed by atoms with Crippen molar-refractivity contribution in [3.8, 4) is 0 Å². The molecule has 3 unspecified atom stereocenters. The quantitative estimate of drug-likeness (QED) is 0.523. The third-order valence-corrected chi connectivity index (χ3v) is 3.20. The number of rotatable bonds is 1. The van der Waals surface area contributed by atoms with Crippen LogP contribution in [0.3, 0.4) is 0 Å². The Morgan fingerprint density at radius 2 is 1.90 bits per heavy atom. The standard InChI is InChI=1S/C10H19/c1-4-10-7-5-6-8(2)9(10)3/h4,8-10H,5-7H2,1-3H3. The van der Waals surface area contributed by atoms with Gasteiger partial charge >= 0.3 is 0 Å². The molecule has 0 bridgehead atoms. The van der Waals surface area contributed by atoms with Gasteiger partial charge in [-0.1, -0.05) is 33.6 Å². The van der Waals surface area contributed by atoms with Gasteiger partial charge in [0.2, 0.25) is 0 Å². The normalized spacial score (nSPS) is 41.7. The van der Waals surface area contributed by atoms with Crippen molar-refractivity contribution < 1.29 is 0 Å². The average Bonchev–Trinajstić information content (AvgIpc) is 1.95. The van der Waals surface area contributed by atoms with Gasteiger partial charge in [0.15, 0.2) is 0 Å². The molecule has 0 aromatic carbocycles. The van der Waals surface area contributed by atoms with Crippen LogP contribution in [0.1, 0.15) is 40.0 Å². The molecule has 3 atom stereocenters. The monoisotopic (exact) mass is 139 g/mol. The minimum atomic E-state index is 0.906. The minimum Gasteiger partial charge on any atom is -0.0622 e. The maximum atomic E-state index is 2.40. The van der Waals surface area contributed by atoms with Gasteiger partial charge < -0.3 is 0 Å². The summed E-state index contributed by atoms with van der Waals surface area (Å²) in [7, 11) is 0. The number of hydrogen-bond acceptors (Lipinski definition) is 0. The van der Waals surface area contributed by atoms with E-state index in [0.717, 1.165) is 17.8 Å². The first kappa shape index (κ1) is 8.10. The van der Waals surface area contributed by atoms with Crippen LogP contribution in [0.4, 0.5) is 0 Å². The lowest BCUT2D eigenvalue weighted by Crippen LogP contribution is -2.23. The molecule has 0 heteroatoms. The Kier molecular flexibility index (Phi) is 2.76. The number of hydrogen-bond donors (Lipinski definition) is 0. The Labute approximate surface area is 65.0 Å². The van der Waals surface area contributed by atoms with Crippen LogP contribution in [-0.4, -0.2) is 0 Å². The van der Waals surface area contributed by atoms with E-state index < -0.39 is 0 Å². The van der Waals surface area contributed by atoms with Crippen molar-refractivity contribution in [2.24, 2.45) is 17.8 Å². The fourth-order valence-corrected chi connectivity index (χ4v) is 2.09. The van der Waals surface area contributed by atoms with E-state index in [9.17, 15) is 0 Å². The van der Waals surface area contributed by atoms with Gasteiger partial charge in [0.25, 0.3) is 0 Å². The lowest BCUT2D eigenvalue weighted by atomic mass is 9.73. The van der Waals surface area contributed by atoms with E-state index in [4.69, 9.17) is 0 Å². The molecule has 59 valence electrons. The second kappa shape index (κ2) is 3.41. The SMILES string of the molecule is C[CH]C1CCCC(C)C1C. The van der Waals surface area contributed by atoms with Crippen LogP contribution >= 0.6 is 0 Å². The predicted molar refractivity (Wildman–Crippen MR) is 45.6 cm³/mol. The lowest BCUT2D eigenvalue weighted by Gasteiger charge is -2.33. The Morgan fingerprint density at radius 3 is 2.40 bits per heavy atom. The highest BCUT2D eigenvalue weighted by molar-refractivity contribution is 4.83. The van der Waals surface area contributed by atoms with E-state index >= 15 is 0 Å². The Morgan fingerprint density at radius 1 is 1.20 bits per heavy atom. The molecule has 0 N–H and O–H groups in total. The van der Waals surface area contributed by atoms with Crippen molar-refractivity contribution in [2.75, 3.05) is 0 Å². The van der Waals surface area contributed by atoms with E-state index in [1.165, 1.54) is 19.3 Å². The first-order chi connectivity index (χ1) is 4.75. The van der Waals surface area contributed by atoms with E-state index in [1.54, 1.807) is 0 Å². The van der Waals surface area contributed by atoms with Gasteiger partial charge in [-0.05, 0) is 30.6 Å². The molecule has 1 aliphatic rings. The third kappa shape index (κ3) is 1.53. The molecule has 0 heterocycles. The highest BCUT2D eigenvalue weighted by atomic mass is 14.3. The van der Waals surface area contributed by atoms with Crippen LogP contribution in [0, 0.1) is 24.2 Å². The average molecular weight is 139 g/mol. The van der Waals surface area contributed by atoms with Gasteiger partial charge in [0.1, 0.15) is 0 Å². The van der Waals surface area contributed by atoms with Gasteiger partial charge in [-0.2, -0.15) is 0 Å². The summed E-state index contributed by atoms with van der Waals surface area (Å²) in [5.74, 6) is 2.79. The zero-order valence-electron chi connectivity index (χ0n) is 7.43. The molecule has 0 spiro atoms. The zero-order valence-corrected chi connectivity index (χ0v) is 7.43. The van der Waals surface area contributed by atoms with Crippen molar-refractivity contribution in [2.45, 2.75) is 40.0 Å². The van der Waals surface area contributed by atoms with E-state index in [0.29, 0.717) is 0 Å². The van der Waals surface area contributed by atoms with Crippen LogP contribution in [0.15, 0.2) is 0 Å². The smallest absolute Gasteiger partial charge is 0.0357 e. The van der Waals surface area contributed by atoms with Gasteiger partial charge in [0, 0.05) is 0 Å². The summed E-state index contributed by atoms with van der Waals surface area (Å²) in [6, 6.07) is 0. The van der Waals surface area contributed by atoms with Crippen LogP contribution in [0.2, 0.25) is 0 Å². The summed E-state index contributed by atoms with van der Waals surface area (Å²) in [6.45, 7) is 6.99. The zero-order chi connectivity index (χ0) is 7.56. The highest BCUT2D eigenvalue weighted by Gasteiger charge is 2.25. The van der Waals surface area contributed by atoms with Crippen molar-refractivity contribution in [3.63, 3.8) is 0 Å². The van der Waals surface area contributed by atoms with Crippen molar-refractivity contribution >= 4 is 0 Å². The van der Waals surface area contributed by atoms with Crippen molar-refractivity contribution in [1.82, 2.24) is 0 Å². The van der Waals surface area contributed by atoms with Gasteiger partial charge in [0.05, 0.1) is 0 Å². The molecule has 0 saturated heterocycles. The molecule has 1 fully saturated rings. The lowest BCUT2D eigenvalue weighted by molar-refractivity contribution is 0.207. The first-order valence-electron chi connectivity index (χ1n) is 4.55. The first-order valence-corrected chi connectivity index (χ1v) is 4.55. The molecule has 1 radical (unpaired) electrons. The largest absolute Gasteiger partial charge is 0.0622 e. The molecule has 10 heavy (non-hydrogen) atoms. The maximum Gasteiger partial charge on any atom is -0.0357 e. The highest BCUT2D eigenvalue weighted by Crippen LogP contribution is 2.35. The molecule has 1 saturated carbocycles.